The second-order valence-corrected chi connectivity index (χ2v) is 5.61. The number of carbonyl (C=O) groups is 1. The molecule has 122 valence electrons. The highest BCUT2D eigenvalue weighted by Crippen LogP contribution is 2.22. The van der Waals surface area contributed by atoms with Crippen molar-refractivity contribution in [3.63, 3.8) is 0 Å². The maximum Gasteiger partial charge on any atom is 0.243 e. The fraction of sp³-hybridized carbons (Fsp3) is 0.350. The van der Waals surface area contributed by atoms with E-state index in [-0.39, 0.29) is 12.5 Å². The predicted molar refractivity (Wildman–Crippen MR) is 98.1 cm³/mol. The fourth-order valence-electron chi connectivity index (χ4n) is 2.63. The minimum absolute atomic E-state index is 0.0137. The first-order valence-electron chi connectivity index (χ1n) is 8.41. The van der Waals surface area contributed by atoms with Crippen molar-refractivity contribution in [2.45, 2.75) is 40.0 Å². The van der Waals surface area contributed by atoms with Gasteiger partial charge in [0.25, 0.3) is 0 Å². The summed E-state index contributed by atoms with van der Waals surface area (Å²) in [6.45, 7) is 6.62. The summed E-state index contributed by atoms with van der Waals surface area (Å²) in [7, 11) is 0. The average molecular weight is 310 g/mol. The number of aryl methyl sites for hydroxylation is 3. The van der Waals surface area contributed by atoms with Gasteiger partial charge in [-0.2, -0.15) is 0 Å². The van der Waals surface area contributed by atoms with E-state index in [9.17, 15) is 4.79 Å². The van der Waals surface area contributed by atoms with E-state index in [0.717, 1.165) is 30.6 Å². The molecule has 2 aromatic carbocycles. The Morgan fingerprint density at radius 3 is 2.00 bits per heavy atom. The Kier molecular flexibility index (Phi) is 6.21. The van der Waals surface area contributed by atoms with Gasteiger partial charge in [-0.25, -0.2) is 0 Å². The molecule has 3 nitrogen and oxygen atoms in total. The first kappa shape index (κ1) is 17.1. The second-order valence-electron chi connectivity index (χ2n) is 5.61. The molecule has 0 saturated heterocycles. The molecule has 1 amide bonds. The molecular weight excluding hydrogens is 284 g/mol. The normalized spacial score (nSPS) is 10.4. The quantitative estimate of drug-likeness (QED) is 0.794. The minimum Gasteiger partial charge on any atom is -0.376 e. The maximum atomic E-state index is 12.3. The van der Waals surface area contributed by atoms with Crippen LogP contribution in [0.1, 0.15) is 37.5 Å². The van der Waals surface area contributed by atoms with Crippen LogP contribution in [0.15, 0.2) is 42.5 Å². The highest BCUT2D eigenvalue weighted by molar-refractivity contribution is 5.95. The third-order valence-electron chi connectivity index (χ3n) is 4.08. The van der Waals surface area contributed by atoms with Gasteiger partial charge in [0.05, 0.1) is 6.54 Å². The third kappa shape index (κ3) is 4.59. The zero-order chi connectivity index (χ0) is 16.7. The summed E-state index contributed by atoms with van der Waals surface area (Å²) in [6, 6.07) is 14.4. The van der Waals surface area contributed by atoms with E-state index in [1.54, 1.807) is 0 Å². The van der Waals surface area contributed by atoms with E-state index in [2.05, 4.69) is 61.7 Å². The van der Waals surface area contributed by atoms with Crippen molar-refractivity contribution in [2.75, 3.05) is 17.2 Å². The molecule has 0 aliphatic heterocycles. The molecular formula is C20H26N2O. The molecule has 23 heavy (non-hydrogen) atoms. The zero-order valence-corrected chi connectivity index (χ0v) is 14.3. The van der Waals surface area contributed by atoms with Crippen LogP contribution >= 0.6 is 0 Å². The van der Waals surface area contributed by atoms with Gasteiger partial charge in [0.2, 0.25) is 5.91 Å². The van der Waals surface area contributed by atoms with Crippen molar-refractivity contribution in [1.82, 2.24) is 0 Å². The Bertz CT molecular complexity index is 625. The maximum absolute atomic E-state index is 12.3. The van der Waals surface area contributed by atoms with Crippen LogP contribution in [0.3, 0.4) is 0 Å². The summed E-state index contributed by atoms with van der Waals surface area (Å²) in [6.07, 6.45) is 2.85. The summed E-state index contributed by atoms with van der Waals surface area (Å²) < 4.78 is 0. The standard InChI is InChI=1S/C20H26N2O/c1-4-15-10-12-18(13-11-15)21-14-19(23)22-20-16(5-2)8-7-9-17(20)6-3/h7-13,21H,4-6,14H2,1-3H3,(H,22,23). The van der Waals surface area contributed by atoms with Crippen molar-refractivity contribution in [2.24, 2.45) is 0 Å². The van der Waals surface area contributed by atoms with Crippen LogP contribution in [0.5, 0.6) is 0 Å². The van der Waals surface area contributed by atoms with E-state index in [1.165, 1.54) is 16.7 Å². The second kappa shape index (κ2) is 8.37. The first-order valence-corrected chi connectivity index (χ1v) is 8.41. The number of hydrogen-bond donors (Lipinski definition) is 2. The predicted octanol–water partition coefficient (Wildman–Crippen LogP) is 4.42. The molecule has 0 atom stereocenters. The molecule has 2 rings (SSSR count). The average Bonchev–Trinajstić information content (AvgIpc) is 2.60. The summed E-state index contributed by atoms with van der Waals surface area (Å²) in [5.41, 5.74) is 5.61. The molecule has 0 aromatic heterocycles. The smallest absolute Gasteiger partial charge is 0.243 e. The summed E-state index contributed by atoms with van der Waals surface area (Å²) in [5, 5.41) is 6.25. The highest BCUT2D eigenvalue weighted by Gasteiger charge is 2.09. The Labute approximate surface area is 139 Å². The van der Waals surface area contributed by atoms with Crippen molar-refractivity contribution in [1.29, 1.82) is 0 Å². The molecule has 0 aliphatic rings. The van der Waals surface area contributed by atoms with Crippen LogP contribution < -0.4 is 10.6 Å². The Balaban J connectivity index is 1.99. The Hall–Kier alpha value is -2.29. The molecule has 3 heteroatoms. The van der Waals surface area contributed by atoms with E-state index in [1.807, 2.05) is 12.1 Å². The largest absolute Gasteiger partial charge is 0.376 e. The number of carbonyl (C=O) groups excluding carboxylic acids is 1. The summed E-state index contributed by atoms with van der Waals surface area (Å²) >= 11 is 0. The number of amides is 1. The number of hydrogen-bond acceptors (Lipinski definition) is 2. The molecule has 0 fully saturated rings. The van der Waals surface area contributed by atoms with Crippen LogP contribution in [0.4, 0.5) is 11.4 Å². The van der Waals surface area contributed by atoms with Crippen LogP contribution in [0.2, 0.25) is 0 Å². The van der Waals surface area contributed by atoms with Gasteiger partial charge in [0.1, 0.15) is 0 Å². The highest BCUT2D eigenvalue weighted by atomic mass is 16.1. The van der Waals surface area contributed by atoms with E-state index in [0.29, 0.717) is 0 Å². The lowest BCUT2D eigenvalue weighted by Crippen LogP contribution is -2.23. The van der Waals surface area contributed by atoms with E-state index < -0.39 is 0 Å². The van der Waals surface area contributed by atoms with Crippen LogP contribution in [0.25, 0.3) is 0 Å². The summed E-state index contributed by atoms with van der Waals surface area (Å²) in [4.78, 5) is 12.3. The lowest BCUT2D eigenvalue weighted by Gasteiger charge is -2.15. The number of nitrogens with one attached hydrogen (secondary N) is 2. The van der Waals surface area contributed by atoms with Gasteiger partial charge < -0.3 is 10.6 Å². The Morgan fingerprint density at radius 2 is 1.48 bits per heavy atom. The van der Waals surface area contributed by atoms with Gasteiger partial charge in [-0.3, -0.25) is 4.79 Å². The first-order chi connectivity index (χ1) is 11.2. The molecule has 0 saturated carbocycles. The molecule has 2 aromatic rings. The van der Waals surface area contributed by atoms with Gasteiger partial charge in [0.15, 0.2) is 0 Å². The van der Waals surface area contributed by atoms with Crippen LogP contribution in [0, 0.1) is 0 Å². The number of benzene rings is 2. The topological polar surface area (TPSA) is 41.1 Å². The van der Waals surface area contributed by atoms with Crippen molar-refractivity contribution in [3.05, 3.63) is 59.2 Å². The lowest BCUT2D eigenvalue weighted by molar-refractivity contribution is -0.114. The molecule has 0 spiro atoms. The molecule has 0 radical (unpaired) electrons. The molecule has 0 aliphatic carbocycles. The molecule has 0 heterocycles. The fourth-order valence-corrected chi connectivity index (χ4v) is 2.63. The van der Waals surface area contributed by atoms with Crippen LogP contribution in [-0.4, -0.2) is 12.5 Å². The van der Waals surface area contributed by atoms with E-state index in [4.69, 9.17) is 0 Å². The molecule has 2 N–H and O–H groups in total. The lowest BCUT2D eigenvalue weighted by atomic mass is 10.0. The SMILES string of the molecule is CCc1ccc(NCC(=O)Nc2c(CC)cccc2CC)cc1. The van der Waals surface area contributed by atoms with Gasteiger partial charge in [-0.1, -0.05) is 51.1 Å². The third-order valence-corrected chi connectivity index (χ3v) is 4.08. The number of para-hydroxylation sites is 1. The van der Waals surface area contributed by atoms with Crippen molar-refractivity contribution < 1.29 is 4.79 Å². The van der Waals surface area contributed by atoms with Gasteiger partial charge in [-0.15, -0.1) is 0 Å². The zero-order valence-electron chi connectivity index (χ0n) is 14.3. The van der Waals surface area contributed by atoms with Crippen molar-refractivity contribution >= 4 is 17.3 Å². The molecule has 0 unspecified atom stereocenters. The van der Waals surface area contributed by atoms with Crippen LogP contribution in [-0.2, 0) is 24.1 Å². The Morgan fingerprint density at radius 1 is 0.870 bits per heavy atom. The van der Waals surface area contributed by atoms with E-state index >= 15 is 0 Å². The number of anilines is 2. The van der Waals surface area contributed by atoms with Gasteiger partial charge in [0, 0.05) is 11.4 Å². The molecule has 0 bridgehead atoms. The van der Waals surface area contributed by atoms with Gasteiger partial charge >= 0.3 is 0 Å². The minimum atomic E-state index is -0.0137. The monoisotopic (exact) mass is 310 g/mol. The summed E-state index contributed by atoms with van der Waals surface area (Å²) in [5.74, 6) is -0.0137. The number of rotatable bonds is 7. The van der Waals surface area contributed by atoms with Gasteiger partial charge in [-0.05, 0) is 48.1 Å². The van der Waals surface area contributed by atoms with Crippen molar-refractivity contribution in [3.8, 4) is 0 Å².